The van der Waals surface area contributed by atoms with Crippen LogP contribution in [0.4, 0.5) is 0 Å². The van der Waals surface area contributed by atoms with Crippen LogP contribution in [-0.4, -0.2) is 4.57 Å². The van der Waals surface area contributed by atoms with Crippen LogP contribution in [0.5, 0.6) is 0 Å². The van der Waals surface area contributed by atoms with Gasteiger partial charge in [0.15, 0.2) is 0 Å². The first-order chi connectivity index (χ1) is 12.2. The zero-order valence-corrected chi connectivity index (χ0v) is 15.4. The number of aryl methyl sites for hydroxylation is 3. The molecule has 25 heavy (non-hydrogen) atoms. The highest BCUT2D eigenvalue weighted by atomic mass is 15.0. The van der Waals surface area contributed by atoms with Crippen LogP contribution in [0.15, 0.2) is 36.4 Å². The summed E-state index contributed by atoms with van der Waals surface area (Å²) in [5.41, 5.74) is 13.7. The molecule has 0 fully saturated rings. The maximum atomic E-state index is 2.55. The maximum Gasteiger partial charge on any atom is 0.0489 e. The standard InChI is InChI=1S/C24H25N/c1-4-15-7-9-17-13-20-19(18(17)11-15)14-23-24(20)21-12-16(5-2)8-10-22(21)25(23)6-3/h7-12H,4-6,13-14H2,1-3H3. The fraction of sp³-hybridized carbons (Fsp3) is 0.333. The molecule has 0 atom stereocenters. The van der Waals surface area contributed by atoms with E-state index >= 15 is 0 Å². The highest BCUT2D eigenvalue weighted by molar-refractivity contribution is 6.09. The Labute approximate surface area is 150 Å². The van der Waals surface area contributed by atoms with Crippen molar-refractivity contribution in [1.29, 1.82) is 0 Å². The van der Waals surface area contributed by atoms with E-state index in [0.717, 1.165) is 32.2 Å². The number of hydrogen-bond donors (Lipinski definition) is 0. The molecule has 126 valence electrons. The van der Waals surface area contributed by atoms with Crippen LogP contribution in [-0.2, 0) is 32.2 Å². The van der Waals surface area contributed by atoms with Gasteiger partial charge in [0.2, 0.25) is 0 Å². The summed E-state index contributed by atoms with van der Waals surface area (Å²) in [6.07, 6.45) is 4.44. The summed E-state index contributed by atoms with van der Waals surface area (Å²) in [5.74, 6) is 0. The van der Waals surface area contributed by atoms with Crippen molar-refractivity contribution in [2.75, 3.05) is 0 Å². The third kappa shape index (κ3) is 1.96. The first-order valence-electron chi connectivity index (χ1n) is 9.73. The van der Waals surface area contributed by atoms with Gasteiger partial charge in [-0.3, -0.25) is 0 Å². The Morgan fingerprint density at radius 2 is 1.60 bits per heavy atom. The van der Waals surface area contributed by atoms with Gasteiger partial charge < -0.3 is 4.57 Å². The maximum absolute atomic E-state index is 2.55. The van der Waals surface area contributed by atoms with Crippen molar-refractivity contribution >= 4 is 22.0 Å². The van der Waals surface area contributed by atoms with Crippen LogP contribution < -0.4 is 0 Å². The highest BCUT2D eigenvalue weighted by Gasteiger charge is 2.33. The number of benzene rings is 2. The van der Waals surface area contributed by atoms with Crippen LogP contribution >= 0.6 is 0 Å². The summed E-state index contributed by atoms with van der Waals surface area (Å²) in [4.78, 5) is 0. The van der Waals surface area contributed by atoms with E-state index in [4.69, 9.17) is 0 Å². The molecule has 1 heterocycles. The molecule has 5 rings (SSSR count). The summed E-state index contributed by atoms with van der Waals surface area (Å²) in [5, 5.41) is 1.48. The smallest absolute Gasteiger partial charge is 0.0489 e. The number of allylic oxidation sites excluding steroid dienone is 2. The number of fused-ring (bicyclic) bond motifs is 6. The molecule has 0 spiro atoms. The average Bonchev–Trinajstić information content (AvgIpc) is 3.27. The molecule has 1 heteroatoms. The third-order valence-electron chi connectivity index (χ3n) is 6.25. The number of hydrogen-bond acceptors (Lipinski definition) is 0. The molecular formula is C24H25N. The second-order valence-corrected chi connectivity index (χ2v) is 7.43. The van der Waals surface area contributed by atoms with Gasteiger partial charge in [0.25, 0.3) is 0 Å². The largest absolute Gasteiger partial charge is 0.344 e. The van der Waals surface area contributed by atoms with Gasteiger partial charge in [0.05, 0.1) is 0 Å². The Hall–Kier alpha value is -2.28. The molecule has 0 bridgehead atoms. The lowest BCUT2D eigenvalue weighted by Gasteiger charge is -2.10. The van der Waals surface area contributed by atoms with Gasteiger partial charge in [-0.05, 0) is 71.7 Å². The van der Waals surface area contributed by atoms with E-state index < -0.39 is 0 Å². The molecule has 0 N–H and O–H groups in total. The van der Waals surface area contributed by atoms with E-state index in [9.17, 15) is 0 Å². The topological polar surface area (TPSA) is 4.93 Å². The quantitative estimate of drug-likeness (QED) is 0.572. The lowest BCUT2D eigenvalue weighted by atomic mass is 9.98. The van der Waals surface area contributed by atoms with Crippen LogP contribution in [0.2, 0.25) is 0 Å². The SMILES string of the molecule is CCc1ccc2c(c1)C1=C(C2)c2c(n(CC)c3ccc(CC)cc23)C1. The molecule has 0 aliphatic heterocycles. The first kappa shape index (κ1) is 15.0. The summed E-state index contributed by atoms with van der Waals surface area (Å²) in [7, 11) is 0. The minimum Gasteiger partial charge on any atom is -0.344 e. The van der Waals surface area contributed by atoms with Crippen LogP contribution in [0.1, 0.15) is 54.3 Å². The molecule has 0 radical (unpaired) electrons. The van der Waals surface area contributed by atoms with E-state index in [2.05, 4.69) is 61.7 Å². The van der Waals surface area contributed by atoms with E-state index in [-0.39, 0.29) is 0 Å². The van der Waals surface area contributed by atoms with Gasteiger partial charge in [0.1, 0.15) is 0 Å². The van der Waals surface area contributed by atoms with Crippen LogP contribution in [0.25, 0.3) is 22.0 Å². The van der Waals surface area contributed by atoms with Crippen molar-refractivity contribution in [1.82, 2.24) is 4.57 Å². The second-order valence-electron chi connectivity index (χ2n) is 7.43. The normalized spacial score (nSPS) is 15.0. The summed E-state index contributed by atoms with van der Waals surface area (Å²) < 4.78 is 2.55. The van der Waals surface area contributed by atoms with Gasteiger partial charge in [-0.2, -0.15) is 0 Å². The van der Waals surface area contributed by atoms with Crippen LogP contribution in [0, 0.1) is 0 Å². The Morgan fingerprint density at radius 3 is 2.36 bits per heavy atom. The van der Waals surface area contributed by atoms with E-state index in [1.54, 1.807) is 22.4 Å². The Balaban J connectivity index is 1.75. The lowest BCUT2D eigenvalue weighted by Crippen LogP contribution is -2.01. The third-order valence-corrected chi connectivity index (χ3v) is 6.25. The van der Waals surface area contributed by atoms with Crippen molar-refractivity contribution in [2.24, 2.45) is 0 Å². The van der Waals surface area contributed by atoms with E-state index in [1.807, 2.05) is 0 Å². The van der Waals surface area contributed by atoms with Gasteiger partial charge in [-0.1, -0.05) is 38.1 Å². The molecule has 3 aromatic rings. The molecule has 0 unspecified atom stereocenters. The highest BCUT2D eigenvalue weighted by Crippen LogP contribution is 2.50. The minimum atomic E-state index is 1.06. The fourth-order valence-corrected chi connectivity index (χ4v) is 4.90. The Morgan fingerprint density at radius 1 is 0.840 bits per heavy atom. The number of aromatic nitrogens is 1. The molecule has 1 aromatic heterocycles. The fourth-order valence-electron chi connectivity index (χ4n) is 4.90. The van der Waals surface area contributed by atoms with Crippen LogP contribution in [0.3, 0.4) is 0 Å². The molecular weight excluding hydrogens is 302 g/mol. The Kier molecular flexibility index (Phi) is 3.22. The monoisotopic (exact) mass is 327 g/mol. The zero-order valence-electron chi connectivity index (χ0n) is 15.4. The molecule has 2 aliphatic carbocycles. The average molecular weight is 327 g/mol. The molecule has 1 nitrogen and oxygen atoms in total. The number of rotatable bonds is 3. The first-order valence-corrected chi connectivity index (χ1v) is 9.73. The van der Waals surface area contributed by atoms with Gasteiger partial charge in [-0.25, -0.2) is 0 Å². The Bertz CT molecular complexity index is 1050. The predicted octanol–water partition coefficient (Wildman–Crippen LogP) is 5.81. The summed E-state index contributed by atoms with van der Waals surface area (Å²) in [6, 6.07) is 14.2. The molecule has 0 amide bonds. The van der Waals surface area contributed by atoms with Gasteiger partial charge in [0, 0.05) is 35.1 Å². The molecule has 2 aliphatic rings. The van der Waals surface area contributed by atoms with E-state index in [1.165, 1.54) is 33.2 Å². The molecule has 2 aromatic carbocycles. The number of nitrogens with zero attached hydrogens (tertiary/aromatic N) is 1. The van der Waals surface area contributed by atoms with Crippen molar-refractivity contribution in [2.45, 2.75) is 53.0 Å². The van der Waals surface area contributed by atoms with E-state index in [0.29, 0.717) is 0 Å². The zero-order chi connectivity index (χ0) is 17.1. The van der Waals surface area contributed by atoms with Gasteiger partial charge in [-0.15, -0.1) is 0 Å². The van der Waals surface area contributed by atoms with Gasteiger partial charge >= 0.3 is 0 Å². The summed E-state index contributed by atoms with van der Waals surface area (Å²) in [6.45, 7) is 7.83. The minimum absolute atomic E-state index is 1.06. The van der Waals surface area contributed by atoms with Crippen molar-refractivity contribution in [3.63, 3.8) is 0 Å². The van der Waals surface area contributed by atoms with Crippen molar-refractivity contribution in [3.05, 3.63) is 69.9 Å². The predicted molar refractivity (Wildman–Crippen MR) is 107 cm³/mol. The van der Waals surface area contributed by atoms with Crippen molar-refractivity contribution in [3.8, 4) is 0 Å². The van der Waals surface area contributed by atoms with Crippen molar-refractivity contribution < 1.29 is 0 Å². The molecule has 0 saturated heterocycles. The lowest BCUT2D eigenvalue weighted by molar-refractivity contribution is 0.759. The molecule has 0 saturated carbocycles. The second kappa shape index (κ2) is 5.36. The summed E-state index contributed by atoms with van der Waals surface area (Å²) >= 11 is 0.